The van der Waals surface area contributed by atoms with Crippen molar-refractivity contribution < 1.29 is 28.9 Å². The Bertz CT molecular complexity index is 1530. The van der Waals surface area contributed by atoms with E-state index < -0.39 is 50.7 Å². The molecule has 6 rings (SSSR count). The number of rotatable bonds is 11. The molecule has 2 aliphatic heterocycles. The van der Waals surface area contributed by atoms with Crippen LogP contribution in [0.25, 0.3) is 0 Å². The fourth-order valence-electron chi connectivity index (χ4n) is 7.19. The number of aliphatic hydroxyl groups excluding tert-OH is 2. The van der Waals surface area contributed by atoms with Crippen molar-refractivity contribution in [3.63, 3.8) is 0 Å². The summed E-state index contributed by atoms with van der Waals surface area (Å²) < 4.78 is 20.5. The molecule has 0 saturated carbocycles. The van der Waals surface area contributed by atoms with E-state index in [0.717, 1.165) is 21.5 Å². The lowest BCUT2D eigenvalue weighted by atomic mass is 10.0. The molecule has 6 atom stereocenters. The Balaban J connectivity index is 1.40. The molecular formula is C38H43NO6Si. The highest BCUT2D eigenvalue weighted by molar-refractivity contribution is 6.99. The van der Waals surface area contributed by atoms with Crippen LogP contribution in [-0.4, -0.2) is 72.4 Å². The van der Waals surface area contributed by atoms with Crippen LogP contribution in [-0.2, 0) is 31.9 Å². The molecule has 2 N–H and O–H groups in total. The predicted octanol–water partition coefficient (Wildman–Crippen LogP) is 4.05. The van der Waals surface area contributed by atoms with Gasteiger partial charge in [-0.2, -0.15) is 0 Å². The van der Waals surface area contributed by atoms with E-state index in [-0.39, 0.29) is 18.3 Å². The monoisotopic (exact) mass is 637 g/mol. The Kier molecular flexibility index (Phi) is 9.56. The van der Waals surface area contributed by atoms with Crippen molar-refractivity contribution in [2.75, 3.05) is 6.61 Å². The molecule has 0 spiro atoms. The smallest absolute Gasteiger partial charge is 0.261 e. The molecule has 8 heteroatoms. The number of amides is 1. The second-order valence-corrected chi connectivity index (χ2v) is 17.5. The van der Waals surface area contributed by atoms with Gasteiger partial charge in [-0.1, -0.05) is 142 Å². The van der Waals surface area contributed by atoms with Crippen LogP contribution < -0.4 is 10.4 Å². The van der Waals surface area contributed by atoms with Gasteiger partial charge in [-0.3, -0.25) is 4.79 Å². The van der Waals surface area contributed by atoms with Gasteiger partial charge in [-0.05, 0) is 26.5 Å². The fourth-order valence-corrected chi connectivity index (χ4v) is 11.8. The van der Waals surface area contributed by atoms with Crippen molar-refractivity contribution in [3.05, 3.63) is 132 Å². The summed E-state index contributed by atoms with van der Waals surface area (Å²) in [5.74, 6) is -0.535. The highest BCUT2D eigenvalue weighted by atomic mass is 28.4. The van der Waals surface area contributed by atoms with Gasteiger partial charge in [0.2, 0.25) is 0 Å². The normalized spacial score (nSPS) is 24.7. The number of carbonyl (C=O) groups excluding carboxylic acids is 1. The summed E-state index contributed by atoms with van der Waals surface area (Å²) in [6, 6.07) is 38.9. The minimum Gasteiger partial charge on any atom is -0.405 e. The maximum atomic E-state index is 13.7. The van der Waals surface area contributed by atoms with Crippen LogP contribution in [0, 0.1) is 0 Å². The summed E-state index contributed by atoms with van der Waals surface area (Å²) in [6.07, 6.45) is -4.20. The molecular weight excluding hydrogens is 595 g/mol. The van der Waals surface area contributed by atoms with Gasteiger partial charge in [0.1, 0.15) is 18.3 Å². The number of hydrogen-bond donors (Lipinski definition) is 2. The number of benzene rings is 4. The molecule has 46 heavy (non-hydrogen) atoms. The van der Waals surface area contributed by atoms with E-state index in [0.29, 0.717) is 6.61 Å². The van der Waals surface area contributed by atoms with E-state index in [1.807, 2.05) is 97.1 Å². The molecule has 2 saturated heterocycles. The average Bonchev–Trinajstić information content (AvgIpc) is 3.50. The van der Waals surface area contributed by atoms with Crippen molar-refractivity contribution >= 4 is 24.6 Å². The number of nitrogens with zero attached hydrogens (tertiary/aromatic N) is 1. The molecule has 0 aliphatic carbocycles. The molecule has 7 nitrogen and oxygen atoms in total. The van der Waals surface area contributed by atoms with Crippen LogP contribution in [0.15, 0.2) is 121 Å². The molecule has 4 aromatic carbocycles. The fraction of sp³-hybridized carbons (Fsp3) is 0.342. The van der Waals surface area contributed by atoms with Gasteiger partial charge in [-0.15, -0.1) is 0 Å². The van der Waals surface area contributed by atoms with Crippen molar-refractivity contribution in [2.24, 2.45) is 0 Å². The standard InChI is InChI=1S/C38H43NO6Si/c1-38(2,3)46(29-20-12-6-13-21-29,30-22-14-7-15-23-30)45-26-31-35(43-24-27-16-8-4-9-17-27)36(44-25-28-18-10-5-11-19-28)32-33(40)34(41)37(42)39(31)32/h4-23,31-36,40-41H,24-26H2,1-3H3/t31-,32-,33+,34-,35-,36-/m1/s1. The van der Waals surface area contributed by atoms with Crippen molar-refractivity contribution in [1.29, 1.82) is 0 Å². The van der Waals surface area contributed by atoms with Crippen LogP contribution in [0.5, 0.6) is 0 Å². The first-order valence-corrected chi connectivity index (χ1v) is 17.9. The van der Waals surface area contributed by atoms with Gasteiger partial charge >= 0.3 is 0 Å². The van der Waals surface area contributed by atoms with Gasteiger partial charge < -0.3 is 29.0 Å². The SMILES string of the molecule is CC(C)(C)[Si](OC[C@@H]1[C@@H](OCc2ccccc2)[C@H](OCc2ccccc2)[C@H]2[C@H](O)[C@@H](O)C(=O)N21)(c1ccccc1)c1ccccc1. The molecule has 2 aliphatic rings. The number of aliphatic hydroxyl groups is 2. The average molecular weight is 638 g/mol. The maximum Gasteiger partial charge on any atom is 0.261 e. The maximum absolute atomic E-state index is 13.7. The lowest BCUT2D eigenvalue weighted by molar-refractivity contribution is -0.140. The zero-order valence-electron chi connectivity index (χ0n) is 26.6. The quantitative estimate of drug-likeness (QED) is 0.242. The molecule has 0 radical (unpaired) electrons. The van der Waals surface area contributed by atoms with Crippen LogP contribution in [0.1, 0.15) is 31.9 Å². The van der Waals surface area contributed by atoms with Gasteiger partial charge in [-0.25, -0.2) is 0 Å². The molecule has 2 fully saturated rings. The molecule has 0 unspecified atom stereocenters. The largest absolute Gasteiger partial charge is 0.405 e. The van der Waals surface area contributed by atoms with Crippen LogP contribution >= 0.6 is 0 Å². The zero-order valence-corrected chi connectivity index (χ0v) is 27.6. The first kappa shape index (κ1) is 32.3. The van der Waals surface area contributed by atoms with E-state index in [1.165, 1.54) is 0 Å². The predicted molar refractivity (Wildman–Crippen MR) is 180 cm³/mol. The number of hydrogen-bond acceptors (Lipinski definition) is 6. The second kappa shape index (κ2) is 13.6. The summed E-state index contributed by atoms with van der Waals surface area (Å²) in [6.45, 7) is 7.32. The molecule has 4 aromatic rings. The van der Waals surface area contributed by atoms with Crippen LogP contribution in [0.3, 0.4) is 0 Å². The Morgan fingerprint density at radius 1 is 0.674 bits per heavy atom. The zero-order chi connectivity index (χ0) is 32.3. The summed E-state index contributed by atoms with van der Waals surface area (Å²) in [5, 5.41) is 24.0. The summed E-state index contributed by atoms with van der Waals surface area (Å²) in [5.41, 5.74) is 1.94. The van der Waals surface area contributed by atoms with Crippen molar-refractivity contribution in [1.82, 2.24) is 4.90 Å². The first-order chi connectivity index (χ1) is 22.2. The third-order valence-electron chi connectivity index (χ3n) is 9.36. The second-order valence-electron chi connectivity index (χ2n) is 13.2. The van der Waals surface area contributed by atoms with E-state index in [9.17, 15) is 15.0 Å². The highest BCUT2D eigenvalue weighted by Crippen LogP contribution is 2.41. The van der Waals surface area contributed by atoms with Crippen LogP contribution in [0.2, 0.25) is 5.04 Å². The van der Waals surface area contributed by atoms with E-state index in [4.69, 9.17) is 13.9 Å². The lowest BCUT2D eigenvalue weighted by Gasteiger charge is -2.44. The molecule has 2 heterocycles. The number of fused-ring (bicyclic) bond motifs is 1. The first-order valence-electron chi connectivity index (χ1n) is 16.0. The van der Waals surface area contributed by atoms with E-state index in [2.05, 4.69) is 45.0 Å². The minimum absolute atomic E-state index is 0.139. The summed E-state index contributed by atoms with van der Waals surface area (Å²) in [7, 11) is -2.99. The van der Waals surface area contributed by atoms with Crippen molar-refractivity contribution in [3.8, 4) is 0 Å². The Morgan fingerprint density at radius 2 is 1.11 bits per heavy atom. The molecule has 0 bridgehead atoms. The van der Waals surface area contributed by atoms with Gasteiger partial charge in [0.15, 0.2) is 6.10 Å². The molecule has 0 aromatic heterocycles. The number of ether oxygens (including phenoxy) is 2. The lowest BCUT2D eigenvalue weighted by Crippen LogP contribution is -2.67. The van der Waals surface area contributed by atoms with E-state index >= 15 is 0 Å². The molecule has 240 valence electrons. The van der Waals surface area contributed by atoms with Crippen LogP contribution in [0.4, 0.5) is 0 Å². The Hall–Kier alpha value is -3.63. The van der Waals surface area contributed by atoms with Crippen molar-refractivity contribution in [2.45, 2.75) is 75.5 Å². The third-order valence-corrected chi connectivity index (χ3v) is 14.4. The number of carbonyl (C=O) groups is 1. The summed E-state index contributed by atoms with van der Waals surface area (Å²) in [4.78, 5) is 15.3. The van der Waals surface area contributed by atoms with Gasteiger partial charge in [0.05, 0.1) is 31.9 Å². The third kappa shape index (κ3) is 6.09. The minimum atomic E-state index is -2.99. The van der Waals surface area contributed by atoms with E-state index in [1.54, 1.807) is 4.90 Å². The Labute approximate surface area is 272 Å². The topological polar surface area (TPSA) is 88.5 Å². The Morgan fingerprint density at radius 3 is 1.57 bits per heavy atom. The molecule has 1 amide bonds. The van der Waals surface area contributed by atoms with Gasteiger partial charge in [0, 0.05) is 0 Å². The summed E-state index contributed by atoms with van der Waals surface area (Å²) >= 11 is 0. The highest BCUT2D eigenvalue weighted by Gasteiger charge is 2.63. The van der Waals surface area contributed by atoms with Gasteiger partial charge in [0.25, 0.3) is 14.2 Å².